The lowest BCUT2D eigenvalue weighted by Gasteiger charge is -2.10. The Kier molecular flexibility index (Phi) is 3.71. The molecule has 0 unspecified atom stereocenters. The zero-order valence-corrected chi connectivity index (χ0v) is 11.5. The molecular formula is C13H10BrNO4. The Morgan fingerprint density at radius 3 is 2.58 bits per heavy atom. The predicted molar refractivity (Wildman–Crippen MR) is 72.5 cm³/mol. The Balaban J connectivity index is 2.36. The Morgan fingerprint density at radius 2 is 2.00 bits per heavy atom. The molecule has 0 bridgehead atoms. The van der Waals surface area contributed by atoms with E-state index in [-0.39, 0.29) is 11.3 Å². The van der Waals surface area contributed by atoms with Crippen LogP contribution in [-0.2, 0) is 0 Å². The Bertz CT molecular complexity index is 648. The van der Waals surface area contributed by atoms with Crippen LogP contribution in [0.25, 0.3) is 0 Å². The molecule has 1 heterocycles. The van der Waals surface area contributed by atoms with E-state index in [1.807, 2.05) is 0 Å². The van der Waals surface area contributed by atoms with E-state index >= 15 is 0 Å². The van der Waals surface area contributed by atoms with Crippen molar-refractivity contribution < 1.29 is 19.1 Å². The molecule has 6 heteroatoms. The van der Waals surface area contributed by atoms with Gasteiger partial charge in [-0.2, -0.15) is 0 Å². The summed E-state index contributed by atoms with van der Waals surface area (Å²) in [4.78, 5) is 23.2. The summed E-state index contributed by atoms with van der Waals surface area (Å²) in [6.07, 6.45) is 1.37. The summed E-state index contributed by atoms with van der Waals surface area (Å²) in [5, 5.41) is 11.7. The molecule has 98 valence electrons. The molecule has 0 radical (unpaired) electrons. The van der Waals surface area contributed by atoms with Gasteiger partial charge in [-0.05, 0) is 40.5 Å². The quantitative estimate of drug-likeness (QED) is 0.908. The topological polar surface area (TPSA) is 79.5 Å². The van der Waals surface area contributed by atoms with Crippen molar-refractivity contribution in [3.05, 3.63) is 51.9 Å². The molecule has 2 rings (SSSR count). The van der Waals surface area contributed by atoms with Gasteiger partial charge in [0.15, 0.2) is 4.67 Å². The second-order valence-electron chi connectivity index (χ2n) is 3.86. The van der Waals surface area contributed by atoms with E-state index in [1.165, 1.54) is 18.4 Å². The third-order valence-electron chi connectivity index (χ3n) is 2.60. The third kappa shape index (κ3) is 2.68. The molecule has 0 saturated heterocycles. The van der Waals surface area contributed by atoms with Crippen LogP contribution in [-0.4, -0.2) is 17.0 Å². The molecule has 0 saturated carbocycles. The Morgan fingerprint density at radius 1 is 1.26 bits per heavy atom. The van der Waals surface area contributed by atoms with Gasteiger partial charge in [0.1, 0.15) is 0 Å². The Hall–Kier alpha value is -2.08. The van der Waals surface area contributed by atoms with Crippen molar-refractivity contribution >= 4 is 33.5 Å². The molecule has 0 aliphatic heterocycles. The number of hydrogen-bond acceptors (Lipinski definition) is 3. The molecule has 0 aliphatic rings. The number of anilines is 1. The highest BCUT2D eigenvalue weighted by Crippen LogP contribution is 2.23. The summed E-state index contributed by atoms with van der Waals surface area (Å²) < 4.78 is 5.27. The second-order valence-corrected chi connectivity index (χ2v) is 4.58. The van der Waals surface area contributed by atoms with Crippen molar-refractivity contribution in [1.29, 1.82) is 0 Å². The molecule has 1 aromatic carbocycles. The number of para-hydroxylation sites is 1. The molecule has 0 spiro atoms. The SMILES string of the molecule is Cc1cccc(C(=O)O)c1NC(=O)c1ccoc1Br. The number of amides is 1. The number of halogens is 1. The van der Waals surface area contributed by atoms with Crippen molar-refractivity contribution in [3.63, 3.8) is 0 Å². The third-order valence-corrected chi connectivity index (χ3v) is 3.22. The monoisotopic (exact) mass is 323 g/mol. The maximum atomic E-state index is 12.0. The first-order valence-corrected chi connectivity index (χ1v) is 6.17. The second kappa shape index (κ2) is 5.27. The molecule has 19 heavy (non-hydrogen) atoms. The molecule has 2 aromatic rings. The molecule has 0 fully saturated rings. The zero-order valence-electron chi connectivity index (χ0n) is 9.94. The lowest BCUT2D eigenvalue weighted by atomic mass is 10.1. The minimum Gasteiger partial charge on any atom is -0.478 e. The van der Waals surface area contributed by atoms with Crippen LogP contribution in [0.4, 0.5) is 5.69 Å². The zero-order chi connectivity index (χ0) is 14.0. The van der Waals surface area contributed by atoms with Gasteiger partial charge in [0, 0.05) is 0 Å². The number of carboxylic acids is 1. The minimum atomic E-state index is -1.09. The van der Waals surface area contributed by atoms with E-state index in [0.717, 1.165) is 0 Å². The highest BCUT2D eigenvalue weighted by atomic mass is 79.9. The van der Waals surface area contributed by atoms with Gasteiger partial charge in [0.05, 0.1) is 23.1 Å². The van der Waals surface area contributed by atoms with E-state index in [9.17, 15) is 9.59 Å². The van der Waals surface area contributed by atoms with Crippen LogP contribution in [0.15, 0.2) is 39.6 Å². The molecular weight excluding hydrogens is 314 g/mol. The van der Waals surface area contributed by atoms with Crippen LogP contribution in [0.3, 0.4) is 0 Å². The van der Waals surface area contributed by atoms with Gasteiger partial charge in [-0.3, -0.25) is 4.79 Å². The van der Waals surface area contributed by atoms with Crippen molar-refractivity contribution in [1.82, 2.24) is 0 Å². The molecule has 5 nitrogen and oxygen atoms in total. The first-order chi connectivity index (χ1) is 9.00. The van der Waals surface area contributed by atoms with Crippen LogP contribution in [0, 0.1) is 6.92 Å². The number of carboxylic acid groups (broad SMARTS) is 1. The summed E-state index contributed by atoms with van der Waals surface area (Å²) in [7, 11) is 0. The van der Waals surface area contributed by atoms with Gasteiger partial charge in [-0.25, -0.2) is 4.79 Å². The van der Waals surface area contributed by atoms with Gasteiger partial charge in [0.2, 0.25) is 0 Å². The lowest BCUT2D eigenvalue weighted by Crippen LogP contribution is -2.15. The largest absolute Gasteiger partial charge is 0.478 e. The summed E-state index contributed by atoms with van der Waals surface area (Å²) in [5.74, 6) is -1.53. The van der Waals surface area contributed by atoms with Crippen LogP contribution in [0.1, 0.15) is 26.3 Å². The van der Waals surface area contributed by atoms with Crippen LogP contribution >= 0.6 is 15.9 Å². The average Bonchev–Trinajstić information content (AvgIpc) is 2.77. The van der Waals surface area contributed by atoms with Crippen LogP contribution in [0.2, 0.25) is 0 Å². The smallest absolute Gasteiger partial charge is 0.337 e. The average molecular weight is 324 g/mol. The van der Waals surface area contributed by atoms with E-state index < -0.39 is 11.9 Å². The minimum absolute atomic E-state index is 0.0490. The molecule has 2 N–H and O–H groups in total. The van der Waals surface area contributed by atoms with Crippen molar-refractivity contribution in [2.45, 2.75) is 6.92 Å². The van der Waals surface area contributed by atoms with E-state index in [4.69, 9.17) is 9.52 Å². The predicted octanol–water partition coefficient (Wildman–Crippen LogP) is 3.30. The van der Waals surface area contributed by atoms with Crippen molar-refractivity contribution in [2.75, 3.05) is 5.32 Å². The summed E-state index contributed by atoms with van der Waals surface area (Å²) >= 11 is 3.10. The first-order valence-electron chi connectivity index (χ1n) is 5.38. The van der Waals surface area contributed by atoms with Gasteiger partial charge >= 0.3 is 5.97 Å². The summed E-state index contributed by atoms with van der Waals surface area (Å²) in [6, 6.07) is 6.29. The number of aryl methyl sites for hydroxylation is 1. The van der Waals surface area contributed by atoms with Gasteiger partial charge in [-0.15, -0.1) is 0 Å². The van der Waals surface area contributed by atoms with E-state index in [2.05, 4.69) is 21.2 Å². The fraction of sp³-hybridized carbons (Fsp3) is 0.0769. The lowest BCUT2D eigenvalue weighted by molar-refractivity contribution is 0.0698. The van der Waals surface area contributed by atoms with Gasteiger partial charge < -0.3 is 14.8 Å². The number of benzene rings is 1. The molecule has 0 atom stereocenters. The number of aromatic carboxylic acids is 1. The number of hydrogen-bond donors (Lipinski definition) is 2. The van der Waals surface area contributed by atoms with Crippen molar-refractivity contribution in [2.24, 2.45) is 0 Å². The van der Waals surface area contributed by atoms with Crippen molar-refractivity contribution in [3.8, 4) is 0 Å². The number of carbonyl (C=O) groups excluding carboxylic acids is 1. The standard InChI is InChI=1S/C13H10BrNO4/c1-7-3-2-4-8(13(17)18)10(7)15-12(16)9-5-6-19-11(9)14/h2-6H,1H3,(H,15,16)(H,17,18). The highest BCUT2D eigenvalue weighted by molar-refractivity contribution is 9.10. The summed E-state index contributed by atoms with van der Waals surface area (Å²) in [5.41, 5.74) is 1.31. The molecule has 1 aromatic heterocycles. The first kappa shape index (κ1) is 13.4. The molecule has 1 amide bonds. The number of nitrogens with one attached hydrogen (secondary N) is 1. The fourth-order valence-electron chi connectivity index (χ4n) is 1.65. The van der Waals surface area contributed by atoms with E-state index in [0.29, 0.717) is 15.8 Å². The molecule has 0 aliphatic carbocycles. The van der Waals surface area contributed by atoms with E-state index in [1.54, 1.807) is 19.1 Å². The number of carbonyl (C=O) groups is 2. The highest BCUT2D eigenvalue weighted by Gasteiger charge is 2.18. The van der Waals surface area contributed by atoms with Crippen LogP contribution in [0.5, 0.6) is 0 Å². The Labute approximate surface area is 117 Å². The fourth-order valence-corrected chi connectivity index (χ4v) is 2.07. The number of rotatable bonds is 3. The number of furan rings is 1. The normalized spacial score (nSPS) is 10.2. The van der Waals surface area contributed by atoms with Gasteiger partial charge in [0.25, 0.3) is 5.91 Å². The maximum absolute atomic E-state index is 12.0. The maximum Gasteiger partial charge on any atom is 0.337 e. The van der Waals surface area contributed by atoms with Crippen LogP contribution < -0.4 is 5.32 Å². The summed E-state index contributed by atoms with van der Waals surface area (Å²) in [6.45, 7) is 1.73. The van der Waals surface area contributed by atoms with Gasteiger partial charge in [-0.1, -0.05) is 12.1 Å².